The molecule has 2 rings (SSSR count). The van der Waals surface area contributed by atoms with Gasteiger partial charge in [0.15, 0.2) is 0 Å². The standard InChI is InChI=1S/C17H25N3O3/c1-2-12-20(17(23)19-11-5-9-15(21)22)14-8-3-6-13-7-4-10-18-16(13)14/h4,7,10,14H,2-3,5-6,8-9,11-12H2,1H3,(H,19,23)(H,21,22). The number of rotatable bonds is 7. The third kappa shape index (κ3) is 4.68. The summed E-state index contributed by atoms with van der Waals surface area (Å²) in [7, 11) is 0. The highest BCUT2D eigenvalue weighted by molar-refractivity contribution is 5.75. The van der Waals surface area contributed by atoms with Gasteiger partial charge in [-0.3, -0.25) is 9.78 Å². The molecule has 1 heterocycles. The predicted molar refractivity (Wildman–Crippen MR) is 87.2 cm³/mol. The van der Waals surface area contributed by atoms with E-state index in [4.69, 9.17) is 5.11 Å². The van der Waals surface area contributed by atoms with Gasteiger partial charge < -0.3 is 15.3 Å². The van der Waals surface area contributed by atoms with E-state index in [0.717, 1.165) is 31.4 Å². The Balaban J connectivity index is 2.03. The second-order valence-electron chi connectivity index (χ2n) is 5.88. The van der Waals surface area contributed by atoms with E-state index >= 15 is 0 Å². The van der Waals surface area contributed by atoms with E-state index in [1.54, 1.807) is 6.20 Å². The summed E-state index contributed by atoms with van der Waals surface area (Å²) < 4.78 is 0. The number of hydrogen-bond donors (Lipinski definition) is 2. The van der Waals surface area contributed by atoms with Crippen molar-refractivity contribution < 1.29 is 14.7 Å². The van der Waals surface area contributed by atoms with Gasteiger partial charge in [-0.1, -0.05) is 13.0 Å². The van der Waals surface area contributed by atoms with Crippen LogP contribution in [0.5, 0.6) is 0 Å². The Bertz CT molecular complexity index is 548. The fraction of sp³-hybridized carbons (Fsp3) is 0.588. The van der Waals surface area contributed by atoms with E-state index < -0.39 is 5.97 Å². The molecule has 2 amide bonds. The summed E-state index contributed by atoms with van der Waals surface area (Å²) in [6.45, 7) is 3.10. The van der Waals surface area contributed by atoms with Crippen molar-refractivity contribution in [2.75, 3.05) is 13.1 Å². The second-order valence-corrected chi connectivity index (χ2v) is 5.88. The summed E-state index contributed by atoms with van der Waals surface area (Å²) in [5.74, 6) is -0.838. The van der Waals surface area contributed by atoms with E-state index in [-0.39, 0.29) is 18.5 Å². The van der Waals surface area contributed by atoms with E-state index in [0.29, 0.717) is 19.5 Å². The smallest absolute Gasteiger partial charge is 0.317 e. The first kappa shape index (κ1) is 17.2. The highest BCUT2D eigenvalue weighted by Crippen LogP contribution is 2.32. The number of urea groups is 1. The quantitative estimate of drug-likeness (QED) is 0.757. The Morgan fingerprint density at radius 3 is 3.04 bits per heavy atom. The first-order valence-corrected chi connectivity index (χ1v) is 8.33. The lowest BCUT2D eigenvalue weighted by molar-refractivity contribution is -0.137. The van der Waals surface area contributed by atoms with Gasteiger partial charge in [0.1, 0.15) is 0 Å². The lowest BCUT2D eigenvalue weighted by Crippen LogP contribution is -2.44. The molecule has 1 atom stereocenters. The molecule has 1 unspecified atom stereocenters. The largest absolute Gasteiger partial charge is 0.481 e. The van der Waals surface area contributed by atoms with Crippen molar-refractivity contribution in [2.24, 2.45) is 0 Å². The molecular formula is C17H25N3O3. The maximum absolute atomic E-state index is 12.5. The van der Waals surface area contributed by atoms with Gasteiger partial charge in [0.2, 0.25) is 0 Å². The molecule has 6 heteroatoms. The Morgan fingerprint density at radius 2 is 2.30 bits per heavy atom. The fourth-order valence-corrected chi connectivity index (χ4v) is 3.06. The van der Waals surface area contributed by atoms with Gasteiger partial charge in [-0.2, -0.15) is 0 Å². The van der Waals surface area contributed by atoms with Gasteiger partial charge in [-0.25, -0.2) is 4.79 Å². The number of fused-ring (bicyclic) bond motifs is 1. The molecular weight excluding hydrogens is 294 g/mol. The van der Waals surface area contributed by atoms with E-state index in [1.165, 1.54) is 5.56 Å². The van der Waals surface area contributed by atoms with Crippen molar-refractivity contribution in [3.63, 3.8) is 0 Å². The zero-order chi connectivity index (χ0) is 16.7. The summed E-state index contributed by atoms with van der Waals surface area (Å²) in [5.41, 5.74) is 2.23. The first-order chi connectivity index (χ1) is 11.1. The molecule has 1 aliphatic carbocycles. The van der Waals surface area contributed by atoms with Crippen molar-refractivity contribution >= 4 is 12.0 Å². The number of nitrogens with zero attached hydrogens (tertiary/aromatic N) is 2. The number of carboxylic acids is 1. The SMILES string of the molecule is CCCN(C(=O)NCCCC(=O)O)C1CCCc2cccnc21. The highest BCUT2D eigenvalue weighted by atomic mass is 16.4. The molecule has 0 saturated carbocycles. The van der Waals surface area contributed by atoms with Crippen LogP contribution in [0.25, 0.3) is 0 Å². The van der Waals surface area contributed by atoms with Crippen LogP contribution in [0.3, 0.4) is 0 Å². The number of carboxylic acid groups (broad SMARTS) is 1. The van der Waals surface area contributed by atoms with E-state index in [9.17, 15) is 9.59 Å². The molecule has 0 bridgehead atoms. The van der Waals surface area contributed by atoms with Gasteiger partial charge in [-0.15, -0.1) is 0 Å². The molecule has 1 aromatic rings. The average Bonchev–Trinajstić information content (AvgIpc) is 2.56. The van der Waals surface area contributed by atoms with Crippen LogP contribution in [-0.2, 0) is 11.2 Å². The minimum absolute atomic E-state index is 0.0133. The number of carbonyl (C=O) groups excluding carboxylic acids is 1. The van der Waals surface area contributed by atoms with Crippen LogP contribution in [0.2, 0.25) is 0 Å². The van der Waals surface area contributed by atoms with E-state index in [1.807, 2.05) is 17.9 Å². The van der Waals surface area contributed by atoms with Crippen molar-refractivity contribution in [3.8, 4) is 0 Å². The maximum atomic E-state index is 12.5. The highest BCUT2D eigenvalue weighted by Gasteiger charge is 2.29. The van der Waals surface area contributed by atoms with E-state index in [2.05, 4.69) is 16.4 Å². The molecule has 1 aromatic heterocycles. The molecule has 0 spiro atoms. The monoisotopic (exact) mass is 319 g/mol. The third-order valence-electron chi connectivity index (χ3n) is 4.11. The Labute approximate surface area is 136 Å². The van der Waals surface area contributed by atoms with Crippen LogP contribution in [0.15, 0.2) is 18.3 Å². The average molecular weight is 319 g/mol. The van der Waals surface area contributed by atoms with Crippen molar-refractivity contribution in [2.45, 2.75) is 51.5 Å². The molecule has 0 aliphatic heterocycles. The van der Waals surface area contributed by atoms with Crippen LogP contribution in [0.1, 0.15) is 56.3 Å². The molecule has 6 nitrogen and oxygen atoms in total. The normalized spacial score (nSPS) is 16.5. The lowest BCUT2D eigenvalue weighted by Gasteiger charge is -2.35. The second kappa shape index (κ2) is 8.50. The van der Waals surface area contributed by atoms with Crippen LogP contribution in [-0.4, -0.2) is 40.1 Å². The Kier molecular flexibility index (Phi) is 6.38. The summed E-state index contributed by atoms with van der Waals surface area (Å²) in [6, 6.07) is 3.92. The maximum Gasteiger partial charge on any atom is 0.317 e. The van der Waals surface area contributed by atoms with Gasteiger partial charge in [0.25, 0.3) is 0 Å². The molecule has 0 radical (unpaired) electrons. The number of hydrogen-bond acceptors (Lipinski definition) is 3. The number of aliphatic carboxylic acids is 1. The predicted octanol–water partition coefficient (Wildman–Crippen LogP) is 2.75. The number of aromatic nitrogens is 1. The summed E-state index contributed by atoms with van der Waals surface area (Å²) >= 11 is 0. The Hall–Kier alpha value is -2.11. The van der Waals surface area contributed by atoms with Gasteiger partial charge in [0, 0.05) is 25.7 Å². The lowest BCUT2D eigenvalue weighted by atomic mass is 9.91. The first-order valence-electron chi connectivity index (χ1n) is 8.33. The van der Waals surface area contributed by atoms with Gasteiger partial charge in [-0.05, 0) is 43.7 Å². The fourth-order valence-electron chi connectivity index (χ4n) is 3.06. The summed E-state index contributed by atoms with van der Waals surface area (Å²) in [6.07, 6.45) is 6.16. The topological polar surface area (TPSA) is 82.5 Å². The number of carbonyl (C=O) groups is 2. The number of aryl methyl sites for hydroxylation is 1. The molecule has 0 fully saturated rings. The third-order valence-corrected chi connectivity index (χ3v) is 4.11. The van der Waals surface area contributed by atoms with Crippen molar-refractivity contribution in [1.82, 2.24) is 15.2 Å². The van der Waals surface area contributed by atoms with Crippen molar-refractivity contribution in [3.05, 3.63) is 29.6 Å². The number of pyridine rings is 1. The molecule has 2 N–H and O–H groups in total. The number of nitrogens with one attached hydrogen (secondary N) is 1. The molecule has 126 valence electrons. The minimum Gasteiger partial charge on any atom is -0.481 e. The van der Waals surface area contributed by atoms with Gasteiger partial charge in [0.05, 0.1) is 11.7 Å². The van der Waals surface area contributed by atoms with Crippen LogP contribution in [0.4, 0.5) is 4.79 Å². The van der Waals surface area contributed by atoms with Crippen LogP contribution in [0, 0.1) is 0 Å². The summed E-state index contributed by atoms with van der Waals surface area (Å²) in [5, 5.41) is 11.5. The molecule has 0 saturated heterocycles. The minimum atomic E-state index is -0.838. The van der Waals surface area contributed by atoms with Gasteiger partial charge >= 0.3 is 12.0 Å². The zero-order valence-corrected chi connectivity index (χ0v) is 13.6. The van der Waals surface area contributed by atoms with Crippen LogP contribution < -0.4 is 5.32 Å². The zero-order valence-electron chi connectivity index (χ0n) is 13.6. The Morgan fingerprint density at radius 1 is 1.48 bits per heavy atom. The number of amides is 2. The molecule has 1 aliphatic rings. The molecule has 23 heavy (non-hydrogen) atoms. The molecule has 0 aromatic carbocycles. The van der Waals surface area contributed by atoms with Crippen LogP contribution >= 0.6 is 0 Å². The summed E-state index contributed by atoms with van der Waals surface area (Å²) in [4.78, 5) is 29.4. The van der Waals surface area contributed by atoms with Crippen molar-refractivity contribution in [1.29, 1.82) is 0 Å².